The standard InChI is InChI=1S/C9H6Br2O4/c10-4-1-2-5(7(11)9(14)15)6(3-4)8(12)13/h1-3,7H,(H,12,13)(H,14,15). The quantitative estimate of drug-likeness (QED) is 0.831. The predicted molar refractivity (Wildman–Crippen MR) is 60.4 cm³/mol. The van der Waals surface area contributed by atoms with Crippen LogP contribution in [-0.2, 0) is 4.79 Å². The summed E-state index contributed by atoms with van der Waals surface area (Å²) in [7, 11) is 0. The molecule has 1 rings (SSSR count). The van der Waals surface area contributed by atoms with Gasteiger partial charge in [-0.3, -0.25) is 4.79 Å². The normalized spacial score (nSPS) is 12.1. The topological polar surface area (TPSA) is 74.6 Å². The maximum absolute atomic E-state index is 10.9. The second kappa shape index (κ2) is 4.76. The van der Waals surface area contributed by atoms with Crippen LogP contribution < -0.4 is 0 Å². The molecule has 0 radical (unpaired) electrons. The first-order valence-electron chi connectivity index (χ1n) is 3.83. The summed E-state index contributed by atoms with van der Waals surface area (Å²) < 4.78 is 0.591. The van der Waals surface area contributed by atoms with Crippen molar-refractivity contribution in [3.63, 3.8) is 0 Å². The molecule has 0 bridgehead atoms. The van der Waals surface area contributed by atoms with Crippen LogP contribution >= 0.6 is 31.9 Å². The van der Waals surface area contributed by atoms with E-state index in [4.69, 9.17) is 10.2 Å². The van der Waals surface area contributed by atoms with Gasteiger partial charge in [-0.05, 0) is 17.7 Å². The smallest absolute Gasteiger partial charge is 0.336 e. The summed E-state index contributed by atoms with van der Waals surface area (Å²) in [5, 5.41) is 17.6. The van der Waals surface area contributed by atoms with Gasteiger partial charge in [0.1, 0.15) is 4.83 Å². The van der Waals surface area contributed by atoms with Crippen LogP contribution in [0.4, 0.5) is 0 Å². The molecule has 4 nitrogen and oxygen atoms in total. The fourth-order valence-electron chi connectivity index (χ4n) is 1.07. The van der Waals surface area contributed by atoms with Crippen molar-refractivity contribution >= 4 is 43.8 Å². The number of hydrogen-bond acceptors (Lipinski definition) is 2. The monoisotopic (exact) mass is 336 g/mol. The van der Waals surface area contributed by atoms with E-state index in [0.717, 1.165) is 0 Å². The summed E-state index contributed by atoms with van der Waals surface area (Å²) >= 11 is 6.04. The van der Waals surface area contributed by atoms with Crippen LogP contribution in [-0.4, -0.2) is 22.2 Å². The number of hydrogen-bond donors (Lipinski definition) is 2. The van der Waals surface area contributed by atoms with E-state index in [9.17, 15) is 9.59 Å². The van der Waals surface area contributed by atoms with Gasteiger partial charge in [-0.2, -0.15) is 0 Å². The highest BCUT2D eigenvalue weighted by Gasteiger charge is 2.22. The van der Waals surface area contributed by atoms with Crippen molar-refractivity contribution in [1.82, 2.24) is 0 Å². The number of rotatable bonds is 3. The summed E-state index contributed by atoms with van der Waals surface area (Å²) in [4.78, 5) is 20.6. The Labute approximate surface area is 102 Å². The van der Waals surface area contributed by atoms with E-state index in [1.165, 1.54) is 12.1 Å². The van der Waals surface area contributed by atoms with Crippen molar-refractivity contribution in [3.05, 3.63) is 33.8 Å². The molecule has 1 aromatic carbocycles. The lowest BCUT2D eigenvalue weighted by atomic mass is 10.0. The summed E-state index contributed by atoms with van der Waals surface area (Å²) in [6.07, 6.45) is 0. The van der Waals surface area contributed by atoms with Crippen molar-refractivity contribution in [2.45, 2.75) is 4.83 Å². The van der Waals surface area contributed by atoms with Crippen molar-refractivity contribution in [1.29, 1.82) is 0 Å². The van der Waals surface area contributed by atoms with Gasteiger partial charge in [0.05, 0.1) is 5.56 Å². The van der Waals surface area contributed by atoms with Gasteiger partial charge < -0.3 is 10.2 Å². The largest absolute Gasteiger partial charge is 0.480 e. The summed E-state index contributed by atoms with van der Waals surface area (Å²) in [5.74, 6) is -2.28. The van der Waals surface area contributed by atoms with Crippen LogP contribution in [0.1, 0.15) is 20.7 Å². The Morgan fingerprint density at radius 3 is 2.33 bits per heavy atom. The van der Waals surface area contributed by atoms with Crippen molar-refractivity contribution < 1.29 is 19.8 Å². The van der Waals surface area contributed by atoms with E-state index in [-0.39, 0.29) is 11.1 Å². The van der Waals surface area contributed by atoms with Crippen molar-refractivity contribution in [2.75, 3.05) is 0 Å². The first-order chi connectivity index (χ1) is 6.93. The van der Waals surface area contributed by atoms with Crippen LogP contribution in [0.5, 0.6) is 0 Å². The number of aromatic carboxylic acids is 1. The van der Waals surface area contributed by atoms with Gasteiger partial charge in [-0.25, -0.2) is 4.79 Å². The number of alkyl halides is 1. The maximum Gasteiger partial charge on any atom is 0.336 e. The number of benzene rings is 1. The summed E-state index contributed by atoms with van der Waals surface area (Å²) in [5.41, 5.74) is 0.187. The molecule has 0 amide bonds. The molecule has 0 spiro atoms. The van der Waals surface area contributed by atoms with Gasteiger partial charge in [-0.15, -0.1) is 0 Å². The molecule has 1 atom stereocenters. The number of halogens is 2. The highest BCUT2D eigenvalue weighted by molar-refractivity contribution is 9.10. The van der Waals surface area contributed by atoms with Gasteiger partial charge in [0, 0.05) is 4.47 Å². The Morgan fingerprint density at radius 1 is 1.27 bits per heavy atom. The highest BCUT2D eigenvalue weighted by atomic mass is 79.9. The molecule has 0 fully saturated rings. The number of carboxylic acid groups (broad SMARTS) is 2. The number of carbonyl (C=O) groups is 2. The summed E-state index contributed by atoms with van der Waals surface area (Å²) in [6, 6.07) is 4.43. The average Bonchev–Trinajstić information content (AvgIpc) is 2.16. The SMILES string of the molecule is O=C(O)c1cc(Br)ccc1C(Br)C(=O)O. The lowest BCUT2D eigenvalue weighted by molar-refractivity contribution is -0.136. The highest BCUT2D eigenvalue weighted by Crippen LogP contribution is 2.28. The molecule has 0 aliphatic carbocycles. The average molecular weight is 338 g/mol. The molecular weight excluding hydrogens is 332 g/mol. The minimum absolute atomic E-state index is 0.0337. The zero-order chi connectivity index (χ0) is 11.6. The molecule has 0 aliphatic heterocycles. The summed E-state index contributed by atoms with van der Waals surface area (Å²) in [6.45, 7) is 0. The van der Waals surface area contributed by atoms with Crippen molar-refractivity contribution in [2.24, 2.45) is 0 Å². The van der Waals surface area contributed by atoms with E-state index in [0.29, 0.717) is 4.47 Å². The molecule has 6 heteroatoms. The first-order valence-corrected chi connectivity index (χ1v) is 5.54. The number of carboxylic acids is 2. The molecule has 0 aromatic heterocycles. The van der Waals surface area contributed by atoms with Gasteiger partial charge in [0.15, 0.2) is 0 Å². The van der Waals surface area contributed by atoms with Crippen LogP contribution in [0, 0.1) is 0 Å². The Kier molecular flexibility index (Phi) is 3.87. The molecule has 0 heterocycles. The molecule has 0 saturated heterocycles. The predicted octanol–water partition coefficient (Wildman–Crippen LogP) is 2.67. The minimum atomic E-state index is -1.16. The van der Waals surface area contributed by atoms with Gasteiger partial charge >= 0.3 is 11.9 Å². The second-order valence-electron chi connectivity index (χ2n) is 2.74. The van der Waals surface area contributed by atoms with E-state index in [2.05, 4.69) is 31.9 Å². The molecule has 0 aliphatic rings. The second-order valence-corrected chi connectivity index (χ2v) is 4.57. The van der Waals surface area contributed by atoms with Crippen LogP contribution in [0.15, 0.2) is 22.7 Å². The fourth-order valence-corrected chi connectivity index (χ4v) is 1.83. The third-order valence-electron chi connectivity index (χ3n) is 1.74. The number of aliphatic carboxylic acids is 1. The van der Waals surface area contributed by atoms with E-state index < -0.39 is 16.8 Å². The van der Waals surface area contributed by atoms with E-state index in [1.54, 1.807) is 6.07 Å². The van der Waals surface area contributed by atoms with E-state index in [1.807, 2.05) is 0 Å². The van der Waals surface area contributed by atoms with Gasteiger partial charge in [0.2, 0.25) is 0 Å². The van der Waals surface area contributed by atoms with E-state index >= 15 is 0 Å². The third-order valence-corrected chi connectivity index (χ3v) is 3.11. The molecule has 1 aromatic rings. The van der Waals surface area contributed by atoms with Crippen LogP contribution in [0.3, 0.4) is 0 Å². The van der Waals surface area contributed by atoms with Gasteiger partial charge in [0.25, 0.3) is 0 Å². The molecule has 15 heavy (non-hydrogen) atoms. The van der Waals surface area contributed by atoms with Crippen molar-refractivity contribution in [3.8, 4) is 0 Å². The molecular formula is C9H6Br2O4. The van der Waals surface area contributed by atoms with Crippen LogP contribution in [0.25, 0.3) is 0 Å². The third kappa shape index (κ3) is 2.79. The zero-order valence-corrected chi connectivity index (χ0v) is 10.4. The molecule has 0 saturated carbocycles. The molecule has 2 N–H and O–H groups in total. The first kappa shape index (κ1) is 12.2. The maximum atomic E-state index is 10.9. The lowest BCUT2D eigenvalue weighted by Gasteiger charge is -2.09. The Balaban J connectivity index is 3.28. The van der Waals surface area contributed by atoms with Crippen LogP contribution in [0.2, 0.25) is 0 Å². The van der Waals surface area contributed by atoms with Gasteiger partial charge in [-0.1, -0.05) is 37.9 Å². The Bertz CT molecular complexity index is 417. The zero-order valence-electron chi connectivity index (χ0n) is 7.28. The lowest BCUT2D eigenvalue weighted by Crippen LogP contribution is -2.10. The molecule has 80 valence electrons. The minimum Gasteiger partial charge on any atom is -0.480 e. The Morgan fingerprint density at radius 2 is 1.87 bits per heavy atom. The fraction of sp³-hybridized carbons (Fsp3) is 0.111. The molecule has 1 unspecified atom stereocenters. The Hall–Kier alpha value is -0.880.